The number of urea groups is 2. The molecule has 0 aromatic heterocycles. The van der Waals surface area contributed by atoms with Crippen LogP contribution in [-0.2, 0) is 0 Å². The number of rotatable bonds is 4. The van der Waals surface area contributed by atoms with Gasteiger partial charge in [-0.05, 0) is 12.1 Å². The zero-order chi connectivity index (χ0) is 16.5. The molecule has 0 spiro atoms. The lowest BCUT2D eigenvalue weighted by Gasteiger charge is -2.05. The number of nitrogens with two attached hydrogens (primary N) is 4. The first kappa shape index (κ1) is 17.5. The summed E-state index contributed by atoms with van der Waals surface area (Å²) < 4.78 is 7.77. The fourth-order valence-corrected chi connectivity index (χ4v) is 2.40. The summed E-state index contributed by atoms with van der Waals surface area (Å²) in [6.45, 7) is 0. The molecular formula is C10H14N8O2S2. The molecule has 12 heteroatoms. The van der Waals surface area contributed by atoms with Crippen molar-refractivity contribution in [3.05, 3.63) is 24.3 Å². The third kappa shape index (κ3) is 6.71. The van der Waals surface area contributed by atoms with E-state index in [1.807, 2.05) is 0 Å². The number of nitrogens with zero attached hydrogens (tertiary/aromatic N) is 2. The Morgan fingerprint density at radius 2 is 1.18 bits per heavy atom. The number of guanidine groups is 2. The summed E-state index contributed by atoms with van der Waals surface area (Å²) in [5, 5.41) is 4.27. The van der Waals surface area contributed by atoms with Crippen molar-refractivity contribution in [2.75, 3.05) is 0 Å². The second-order valence-electron chi connectivity index (χ2n) is 3.56. The minimum absolute atomic E-state index is 0.129. The Morgan fingerprint density at radius 1 is 0.818 bits per heavy atom. The van der Waals surface area contributed by atoms with Crippen LogP contribution in [-0.4, -0.2) is 24.0 Å². The molecule has 1 rings (SSSR count). The molecule has 1 aromatic rings. The van der Waals surface area contributed by atoms with E-state index in [4.69, 9.17) is 22.9 Å². The van der Waals surface area contributed by atoms with Crippen LogP contribution < -0.4 is 33.6 Å². The molecule has 0 heterocycles. The fourth-order valence-electron chi connectivity index (χ4n) is 1.10. The minimum atomic E-state index is -0.806. The fraction of sp³-hybridized carbons (Fsp3) is 0. The van der Waals surface area contributed by atoms with Crippen molar-refractivity contribution in [3.8, 4) is 0 Å². The maximum Gasteiger partial charge on any atom is 0.318 e. The van der Waals surface area contributed by atoms with Gasteiger partial charge in [0, 0.05) is 33.7 Å². The van der Waals surface area contributed by atoms with Gasteiger partial charge in [-0.3, -0.25) is 10.6 Å². The van der Waals surface area contributed by atoms with E-state index in [0.29, 0.717) is 9.79 Å². The quantitative estimate of drug-likeness (QED) is 0.247. The van der Waals surface area contributed by atoms with Crippen LogP contribution >= 0.6 is 23.9 Å². The monoisotopic (exact) mass is 342 g/mol. The van der Waals surface area contributed by atoms with E-state index >= 15 is 0 Å². The second kappa shape index (κ2) is 8.63. The molecule has 118 valence electrons. The first-order valence-corrected chi connectivity index (χ1v) is 7.16. The highest BCUT2D eigenvalue weighted by Crippen LogP contribution is 2.31. The number of hydrogen-bond acceptors (Lipinski definition) is 6. The third-order valence-corrected chi connectivity index (χ3v) is 3.65. The molecule has 10 N–H and O–H groups in total. The predicted octanol–water partition coefficient (Wildman–Crippen LogP) is -0.333. The van der Waals surface area contributed by atoms with Crippen LogP contribution in [0.25, 0.3) is 0 Å². The van der Waals surface area contributed by atoms with Gasteiger partial charge in [0.1, 0.15) is 0 Å². The summed E-state index contributed by atoms with van der Waals surface area (Å²) in [6, 6.07) is 5.49. The van der Waals surface area contributed by atoms with Crippen LogP contribution in [0.1, 0.15) is 0 Å². The van der Waals surface area contributed by atoms with Crippen LogP contribution in [0.3, 0.4) is 0 Å². The molecule has 0 unspecified atom stereocenters. The van der Waals surface area contributed by atoms with Crippen LogP contribution in [0.5, 0.6) is 0 Å². The predicted molar refractivity (Wildman–Crippen MR) is 86.8 cm³/mol. The maximum absolute atomic E-state index is 10.6. The average molecular weight is 342 g/mol. The van der Waals surface area contributed by atoms with Crippen molar-refractivity contribution in [1.29, 1.82) is 0 Å². The summed E-state index contributed by atoms with van der Waals surface area (Å²) in [5.74, 6) is -0.258. The van der Waals surface area contributed by atoms with E-state index in [-0.39, 0.29) is 11.9 Å². The van der Waals surface area contributed by atoms with Gasteiger partial charge in [0.2, 0.25) is 11.9 Å². The summed E-state index contributed by atoms with van der Waals surface area (Å²) in [7, 11) is 0. The summed E-state index contributed by atoms with van der Waals surface area (Å²) >= 11 is 2.02. The van der Waals surface area contributed by atoms with E-state index in [1.165, 1.54) is 0 Å². The van der Waals surface area contributed by atoms with E-state index in [0.717, 1.165) is 23.9 Å². The van der Waals surface area contributed by atoms with Crippen molar-refractivity contribution >= 4 is 47.9 Å². The van der Waals surface area contributed by atoms with Crippen LogP contribution in [0.2, 0.25) is 0 Å². The van der Waals surface area contributed by atoms with Crippen molar-refractivity contribution in [1.82, 2.24) is 10.6 Å². The highest BCUT2D eigenvalue weighted by molar-refractivity contribution is 8.01. The number of hydrogen-bond donors (Lipinski definition) is 6. The van der Waals surface area contributed by atoms with E-state index in [2.05, 4.69) is 19.4 Å². The van der Waals surface area contributed by atoms with Gasteiger partial charge in [-0.2, -0.15) is 8.80 Å². The topological polar surface area (TPSA) is 187 Å². The first-order chi connectivity index (χ1) is 10.4. The summed E-state index contributed by atoms with van der Waals surface area (Å²) in [6.07, 6.45) is 0. The molecule has 22 heavy (non-hydrogen) atoms. The average Bonchev–Trinajstić information content (AvgIpc) is 2.42. The highest BCUT2D eigenvalue weighted by Gasteiger charge is 2.05. The number of nitrogens with one attached hydrogen (secondary N) is 2. The van der Waals surface area contributed by atoms with Crippen molar-refractivity contribution in [3.63, 3.8) is 0 Å². The Kier molecular flexibility index (Phi) is 6.85. The van der Waals surface area contributed by atoms with Gasteiger partial charge < -0.3 is 22.9 Å². The SMILES string of the molecule is NC(=O)NC(N)=NSc1ccccc1SN=C(N)NC(N)=O. The number of amides is 4. The first-order valence-electron chi connectivity index (χ1n) is 5.61. The molecule has 0 aliphatic rings. The maximum atomic E-state index is 10.6. The standard InChI is InChI=1S/C10H14N8O2S2/c11-7(15-9(13)19)17-21-5-3-1-2-4-6(5)22-18-8(12)16-10(14)20/h1-4H,(H5,11,13,15,17,19)(H5,12,14,16,18,20). The Bertz CT molecular complexity index is 566. The molecule has 4 amide bonds. The van der Waals surface area contributed by atoms with Crippen LogP contribution in [0.15, 0.2) is 42.9 Å². The number of benzene rings is 1. The molecule has 0 saturated carbocycles. The molecule has 0 fully saturated rings. The molecule has 10 nitrogen and oxygen atoms in total. The number of primary amides is 2. The molecule has 0 aliphatic carbocycles. The van der Waals surface area contributed by atoms with Gasteiger partial charge in [0.25, 0.3) is 0 Å². The molecule has 0 aliphatic heterocycles. The molecule has 1 aromatic carbocycles. The van der Waals surface area contributed by atoms with E-state index in [9.17, 15) is 9.59 Å². The normalized spacial score (nSPS) is 11.8. The lowest BCUT2D eigenvalue weighted by Crippen LogP contribution is -2.39. The molecule has 0 atom stereocenters. The third-order valence-electron chi connectivity index (χ3n) is 1.84. The molecule has 0 saturated heterocycles. The largest absolute Gasteiger partial charge is 0.369 e. The van der Waals surface area contributed by atoms with Gasteiger partial charge >= 0.3 is 12.1 Å². The molecular weight excluding hydrogens is 328 g/mol. The minimum Gasteiger partial charge on any atom is -0.369 e. The highest BCUT2D eigenvalue weighted by atomic mass is 32.2. The van der Waals surface area contributed by atoms with Gasteiger partial charge in [-0.1, -0.05) is 12.1 Å². The van der Waals surface area contributed by atoms with Gasteiger partial charge in [-0.15, -0.1) is 0 Å². The lowest BCUT2D eigenvalue weighted by molar-refractivity contribution is 0.252. The van der Waals surface area contributed by atoms with E-state index < -0.39 is 12.1 Å². The van der Waals surface area contributed by atoms with Crippen molar-refractivity contribution < 1.29 is 9.59 Å². The zero-order valence-corrected chi connectivity index (χ0v) is 12.8. The van der Waals surface area contributed by atoms with Crippen LogP contribution in [0, 0.1) is 0 Å². The van der Waals surface area contributed by atoms with Gasteiger partial charge in [0.15, 0.2) is 0 Å². The Hall–Kier alpha value is -2.60. The smallest absolute Gasteiger partial charge is 0.318 e. The van der Waals surface area contributed by atoms with Crippen molar-refractivity contribution in [2.45, 2.75) is 9.79 Å². The Labute approximate surface area is 134 Å². The second-order valence-corrected chi connectivity index (χ2v) is 5.17. The van der Waals surface area contributed by atoms with E-state index in [1.54, 1.807) is 24.3 Å². The van der Waals surface area contributed by atoms with Crippen molar-refractivity contribution in [2.24, 2.45) is 31.7 Å². The zero-order valence-electron chi connectivity index (χ0n) is 11.1. The number of carbonyl (C=O) groups is 2. The number of carbonyl (C=O) groups excluding carboxylic acids is 2. The Morgan fingerprint density at radius 3 is 1.50 bits per heavy atom. The van der Waals surface area contributed by atoms with Gasteiger partial charge in [-0.25, -0.2) is 9.59 Å². The summed E-state index contributed by atoms with van der Waals surface area (Å²) in [5.41, 5.74) is 20.7. The van der Waals surface area contributed by atoms with Gasteiger partial charge in [0.05, 0.1) is 0 Å². The lowest BCUT2D eigenvalue weighted by atomic mass is 10.4. The summed E-state index contributed by atoms with van der Waals surface area (Å²) in [4.78, 5) is 22.6. The molecule has 0 radical (unpaired) electrons. The Balaban J connectivity index is 2.77. The van der Waals surface area contributed by atoms with Crippen LogP contribution in [0.4, 0.5) is 9.59 Å². The molecule has 0 bridgehead atoms.